The van der Waals surface area contributed by atoms with Gasteiger partial charge in [-0.3, -0.25) is 4.90 Å². The molecular formula is C38H54N9O3+. The summed E-state index contributed by atoms with van der Waals surface area (Å²) in [6.07, 6.45) is 4.88. The van der Waals surface area contributed by atoms with E-state index >= 15 is 0 Å². The molecule has 4 aromatic heterocycles. The zero-order valence-electron chi connectivity index (χ0n) is 31.6. The van der Waals surface area contributed by atoms with Gasteiger partial charge in [-0.2, -0.15) is 0 Å². The van der Waals surface area contributed by atoms with E-state index in [4.69, 9.17) is 33.7 Å². The van der Waals surface area contributed by atoms with Gasteiger partial charge in [0.1, 0.15) is 34.6 Å². The molecule has 0 amide bonds. The van der Waals surface area contributed by atoms with Crippen molar-refractivity contribution in [1.29, 1.82) is 0 Å². The van der Waals surface area contributed by atoms with Gasteiger partial charge < -0.3 is 19.5 Å². The van der Waals surface area contributed by atoms with E-state index in [2.05, 4.69) is 61.8 Å². The monoisotopic (exact) mass is 684 g/mol. The Labute approximate surface area is 296 Å². The number of ether oxygens (including phenoxy) is 1. The maximum atomic E-state index is 6.52. The Morgan fingerprint density at radius 3 is 2.14 bits per heavy atom. The second-order valence-electron chi connectivity index (χ2n) is 15.1. The van der Waals surface area contributed by atoms with E-state index in [-0.39, 0.29) is 17.9 Å². The summed E-state index contributed by atoms with van der Waals surface area (Å²) < 4.78 is 19.6. The van der Waals surface area contributed by atoms with Crippen LogP contribution in [0.5, 0.6) is 0 Å². The smallest absolute Gasteiger partial charge is 0.238 e. The average Bonchev–Trinajstić information content (AvgIpc) is 3.82. The van der Waals surface area contributed by atoms with E-state index < -0.39 is 0 Å². The fourth-order valence-electron chi connectivity index (χ4n) is 7.60. The first-order valence-corrected chi connectivity index (χ1v) is 18.4. The minimum atomic E-state index is -0.0540. The third-order valence-electron chi connectivity index (χ3n) is 11.0. The lowest BCUT2D eigenvalue weighted by atomic mass is 9.89. The summed E-state index contributed by atoms with van der Waals surface area (Å²) in [6, 6.07) is 1.10. The Hall–Kier alpha value is -3.90. The normalized spacial score (nSPS) is 20.4. The molecule has 1 unspecified atom stereocenters. The molecule has 2 saturated carbocycles. The van der Waals surface area contributed by atoms with Crippen molar-refractivity contribution in [2.45, 2.75) is 125 Å². The fourth-order valence-corrected chi connectivity index (χ4v) is 7.60. The molecule has 1 atom stereocenters. The number of nitrogens with zero attached hydrogens (tertiary/aromatic N) is 8. The van der Waals surface area contributed by atoms with Crippen LogP contribution in [-0.4, -0.2) is 81.5 Å². The maximum Gasteiger partial charge on any atom is 0.238 e. The van der Waals surface area contributed by atoms with E-state index in [9.17, 15) is 0 Å². The van der Waals surface area contributed by atoms with Gasteiger partial charge in [-0.1, -0.05) is 19.0 Å². The molecule has 50 heavy (non-hydrogen) atoms. The average molecular weight is 685 g/mol. The van der Waals surface area contributed by atoms with Crippen molar-refractivity contribution in [3.8, 4) is 22.5 Å². The van der Waals surface area contributed by atoms with Crippen LogP contribution in [0.4, 0.5) is 11.6 Å². The van der Waals surface area contributed by atoms with Crippen molar-refractivity contribution in [3.63, 3.8) is 0 Å². The van der Waals surface area contributed by atoms with Gasteiger partial charge in [-0.25, -0.2) is 24.5 Å². The summed E-state index contributed by atoms with van der Waals surface area (Å²) >= 11 is 0. The van der Waals surface area contributed by atoms with E-state index in [1.807, 2.05) is 25.5 Å². The summed E-state index contributed by atoms with van der Waals surface area (Å²) in [5.41, 5.74) is 7.72. The van der Waals surface area contributed by atoms with Gasteiger partial charge in [0.25, 0.3) is 0 Å². The van der Waals surface area contributed by atoms with Gasteiger partial charge in [-0.05, 0) is 65.0 Å². The zero-order valence-corrected chi connectivity index (χ0v) is 31.6. The standard InChI is InChI=1S/C38H54N9O3/c1-20(2)35-40-34(23(5)38(43-35)46-15-13-45(14-16-46)29-11-12-29)32-25(7)47(50-27(32)9)19-21(3)36-41-33(31-24(6)44-49-26(31)8)22(4)37(42-36)39-28-17-30(18-28)48-10/h20-21,28-30H,11-19H2,1-10H3,(H,39,41,42)/q+1/t21?,28-,30+. The van der Waals surface area contributed by atoms with Gasteiger partial charge in [-0.15, -0.1) is 0 Å². The molecule has 2 aliphatic carbocycles. The first-order chi connectivity index (χ1) is 23.9. The molecule has 0 bridgehead atoms. The second kappa shape index (κ2) is 13.7. The number of piperazine rings is 1. The zero-order chi connectivity index (χ0) is 35.4. The summed E-state index contributed by atoms with van der Waals surface area (Å²) in [4.78, 5) is 25.7. The molecule has 0 aromatic carbocycles. The van der Waals surface area contributed by atoms with Crippen LogP contribution in [0.3, 0.4) is 0 Å². The van der Waals surface area contributed by atoms with E-state index in [1.165, 1.54) is 12.8 Å². The summed E-state index contributed by atoms with van der Waals surface area (Å²) in [6.45, 7) is 23.5. The SMILES string of the molecule is CO[C@H]1C[C@@H](Nc2nc(C(C)C[n+]3oc(C)c(-c4nc(C(C)C)nc(N5CCN(C6CC6)CC5)c4C)c3C)nc(-c3c(C)noc3C)c2C)C1. The molecule has 3 fully saturated rings. The number of anilines is 2. The molecule has 1 saturated heterocycles. The summed E-state index contributed by atoms with van der Waals surface area (Å²) in [5, 5.41) is 7.92. The van der Waals surface area contributed by atoms with Crippen molar-refractivity contribution in [2.75, 3.05) is 43.5 Å². The maximum absolute atomic E-state index is 6.52. The van der Waals surface area contributed by atoms with Crippen molar-refractivity contribution < 1.29 is 18.5 Å². The third kappa shape index (κ3) is 6.52. The molecule has 0 spiro atoms. The van der Waals surface area contributed by atoms with Crippen LogP contribution < -0.4 is 15.0 Å². The van der Waals surface area contributed by atoms with Crippen LogP contribution >= 0.6 is 0 Å². The summed E-state index contributed by atoms with van der Waals surface area (Å²) in [7, 11) is 1.78. The molecule has 1 aliphatic heterocycles. The molecule has 7 rings (SSSR count). The topological polar surface area (TPSA) is 122 Å². The van der Waals surface area contributed by atoms with Gasteiger partial charge in [0, 0.05) is 76.3 Å². The van der Waals surface area contributed by atoms with Gasteiger partial charge in [0.05, 0.1) is 34.7 Å². The van der Waals surface area contributed by atoms with Gasteiger partial charge >= 0.3 is 0 Å². The number of hydrogen-bond acceptors (Lipinski definition) is 11. The molecule has 12 heteroatoms. The number of hydrogen-bond donors (Lipinski definition) is 1. The predicted molar refractivity (Wildman–Crippen MR) is 193 cm³/mol. The van der Waals surface area contributed by atoms with Gasteiger partial charge in [0.15, 0.2) is 5.76 Å². The molecular weight excluding hydrogens is 630 g/mol. The lowest BCUT2D eigenvalue weighted by Gasteiger charge is -2.36. The van der Waals surface area contributed by atoms with Crippen molar-refractivity contribution >= 4 is 11.6 Å². The Balaban J connectivity index is 1.20. The second-order valence-corrected chi connectivity index (χ2v) is 15.1. The van der Waals surface area contributed by atoms with E-state index in [1.54, 1.807) is 7.11 Å². The highest BCUT2D eigenvalue weighted by Crippen LogP contribution is 2.37. The van der Waals surface area contributed by atoms with Crippen LogP contribution in [0, 0.1) is 41.5 Å². The molecule has 5 heterocycles. The van der Waals surface area contributed by atoms with Crippen LogP contribution in [0.25, 0.3) is 22.5 Å². The Morgan fingerprint density at radius 2 is 1.52 bits per heavy atom. The highest BCUT2D eigenvalue weighted by Gasteiger charge is 2.35. The van der Waals surface area contributed by atoms with Crippen LogP contribution in [0.15, 0.2) is 9.05 Å². The number of aryl methyl sites for hydroxylation is 3. The predicted octanol–water partition coefficient (Wildman–Crippen LogP) is 6.12. The minimum Gasteiger partial charge on any atom is -0.381 e. The largest absolute Gasteiger partial charge is 0.381 e. The Kier molecular flexibility index (Phi) is 9.44. The van der Waals surface area contributed by atoms with Crippen molar-refractivity contribution in [3.05, 3.63) is 45.7 Å². The van der Waals surface area contributed by atoms with Crippen LogP contribution in [0.1, 0.15) is 104 Å². The number of methoxy groups -OCH3 is 1. The fraction of sp³-hybridized carbons (Fsp3) is 0.632. The molecule has 3 aliphatic rings. The van der Waals surface area contributed by atoms with E-state index in [0.29, 0.717) is 12.6 Å². The number of aromatic nitrogens is 6. The third-order valence-corrected chi connectivity index (χ3v) is 11.0. The highest BCUT2D eigenvalue weighted by atomic mass is 16.5. The van der Waals surface area contributed by atoms with Crippen LogP contribution in [-0.2, 0) is 11.3 Å². The lowest BCUT2D eigenvalue weighted by molar-refractivity contribution is -0.870. The quantitative estimate of drug-likeness (QED) is 0.184. The summed E-state index contributed by atoms with van der Waals surface area (Å²) in [5.74, 6) is 5.25. The van der Waals surface area contributed by atoms with Crippen LogP contribution in [0.2, 0.25) is 0 Å². The molecule has 1 N–H and O–H groups in total. The first kappa shape index (κ1) is 34.5. The van der Waals surface area contributed by atoms with Gasteiger partial charge in [0.2, 0.25) is 12.2 Å². The molecule has 4 aromatic rings. The lowest BCUT2D eigenvalue weighted by Crippen LogP contribution is -2.47. The minimum absolute atomic E-state index is 0.0540. The first-order valence-electron chi connectivity index (χ1n) is 18.4. The Bertz CT molecular complexity index is 1840. The Morgan fingerprint density at radius 1 is 0.840 bits per heavy atom. The van der Waals surface area contributed by atoms with E-state index in [0.717, 1.165) is 125 Å². The molecule has 0 radical (unpaired) electrons. The number of nitrogens with one attached hydrogen (secondary N) is 1. The number of rotatable bonds is 11. The van der Waals surface area contributed by atoms with Crippen molar-refractivity contribution in [1.82, 2.24) is 30.0 Å². The van der Waals surface area contributed by atoms with Crippen molar-refractivity contribution in [2.24, 2.45) is 0 Å². The molecule has 12 nitrogen and oxygen atoms in total. The molecule has 268 valence electrons. The highest BCUT2D eigenvalue weighted by molar-refractivity contribution is 5.72.